The number of nitrogens with one attached hydrogen (secondary N) is 3. The fraction of sp³-hybridized carbons (Fsp3) is 0.867. The Bertz CT molecular complexity index is 312. The minimum Gasteiger partial charge on any atom is -0.378 e. The normalized spacial score (nSPS) is 12.5. The van der Waals surface area contributed by atoms with Gasteiger partial charge in [-0.25, -0.2) is 0 Å². The molecule has 0 saturated carbocycles. The molecule has 0 aromatic rings. The predicted molar refractivity (Wildman–Crippen MR) is 103 cm³/mol. The van der Waals surface area contributed by atoms with E-state index in [0.717, 1.165) is 26.0 Å². The summed E-state index contributed by atoms with van der Waals surface area (Å²) in [7, 11) is 1.70. The molecule has 0 rings (SSSR count). The van der Waals surface area contributed by atoms with Gasteiger partial charge in [-0.15, -0.1) is 24.0 Å². The first-order valence-corrected chi connectivity index (χ1v) is 7.87. The van der Waals surface area contributed by atoms with Gasteiger partial charge in [0.2, 0.25) is 5.91 Å². The number of aliphatic imine (C=N–C) groups is 1. The fourth-order valence-electron chi connectivity index (χ4n) is 1.87. The summed E-state index contributed by atoms with van der Waals surface area (Å²) in [4.78, 5) is 15.6. The number of hydrogen-bond donors (Lipinski definition) is 3. The van der Waals surface area contributed by atoms with Crippen molar-refractivity contribution in [2.45, 2.75) is 46.6 Å². The Morgan fingerprint density at radius 1 is 1.14 bits per heavy atom. The van der Waals surface area contributed by atoms with Crippen LogP contribution in [0.15, 0.2) is 4.99 Å². The van der Waals surface area contributed by atoms with Crippen molar-refractivity contribution in [1.82, 2.24) is 16.0 Å². The first-order valence-electron chi connectivity index (χ1n) is 7.87. The summed E-state index contributed by atoms with van der Waals surface area (Å²) < 4.78 is 5.70. The first kappa shape index (κ1) is 23.7. The van der Waals surface area contributed by atoms with Gasteiger partial charge in [0.15, 0.2) is 5.96 Å². The third kappa shape index (κ3) is 12.0. The molecule has 0 aliphatic carbocycles. The maximum Gasteiger partial charge on any atom is 0.239 e. The Balaban J connectivity index is 0. The monoisotopic (exact) mass is 428 g/mol. The van der Waals surface area contributed by atoms with E-state index in [1.54, 1.807) is 7.05 Å². The van der Waals surface area contributed by atoms with E-state index in [4.69, 9.17) is 4.74 Å². The van der Waals surface area contributed by atoms with Gasteiger partial charge in [-0.2, -0.15) is 0 Å². The third-order valence-corrected chi connectivity index (χ3v) is 3.06. The van der Waals surface area contributed by atoms with Gasteiger partial charge in [-0.3, -0.25) is 9.79 Å². The van der Waals surface area contributed by atoms with Crippen LogP contribution in [0.25, 0.3) is 0 Å². The topological polar surface area (TPSA) is 74.8 Å². The SMILES string of the molecule is CCCNC(=O)CNC(=NC)NCCC(OCC)C(C)C.I. The van der Waals surface area contributed by atoms with Gasteiger partial charge < -0.3 is 20.7 Å². The molecule has 3 N–H and O–H groups in total. The molecule has 0 aliphatic heterocycles. The van der Waals surface area contributed by atoms with Crippen molar-refractivity contribution in [3.63, 3.8) is 0 Å². The van der Waals surface area contributed by atoms with Crippen molar-refractivity contribution >= 4 is 35.8 Å². The molecule has 0 heterocycles. The van der Waals surface area contributed by atoms with Crippen LogP contribution in [0.2, 0.25) is 0 Å². The van der Waals surface area contributed by atoms with Crippen molar-refractivity contribution in [2.75, 3.05) is 33.3 Å². The molecule has 0 fully saturated rings. The largest absolute Gasteiger partial charge is 0.378 e. The Morgan fingerprint density at radius 2 is 1.82 bits per heavy atom. The quantitative estimate of drug-likeness (QED) is 0.282. The van der Waals surface area contributed by atoms with Crippen LogP contribution in [0.4, 0.5) is 0 Å². The molecule has 0 radical (unpaired) electrons. The number of guanidine groups is 1. The second kappa shape index (κ2) is 15.3. The average molecular weight is 428 g/mol. The average Bonchev–Trinajstić information content (AvgIpc) is 2.47. The van der Waals surface area contributed by atoms with Crippen LogP contribution in [0, 0.1) is 5.92 Å². The summed E-state index contributed by atoms with van der Waals surface area (Å²) in [6, 6.07) is 0. The molecule has 132 valence electrons. The lowest BCUT2D eigenvalue weighted by Crippen LogP contribution is -2.44. The molecule has 0 saturated heterocycles. The highest BCUT2D eigenvalue weighted by Gasteiger charge is 2.13. The zero-order valence-electron chi connectivity index (χ0n) is 14.6. The van der Waals surface area contributed by atoms with E-state index in [9.17, 15) is 4.79 Å². The molecule has 7 heteroatoms. The number of carbonyl (C=O) groups is 1. The summed E-state index contributed by atoms with van der Waals surface area (Å²) in [5, 5.41) is 9.02. The number of halogens is 1. The minimum atomic E-state index is -0.0193. The molecular weight excluding hydrogens is 395 g/mol. The Labute approximate surface area is 152 Å². The van der Waals surface area contributed by atoms with E-state index >= 15 is 0 Å². The Kier molecular flexibility index (Phi) is 16.5. The van der Waals surface area contributed by atoms with E-state index in [1.165, 1.54) is 0 Å². The Hall–Kier alpha value is -0.570. The molecule has 22 heavy (non-hydrogen) atoms. The number of carbonyl (C=O) groups excluding carboxylic acids is 1. The van der Waals surface area contributed by atoms with Gasteiger partial charge in [0.05, 0.1) is 12.6 Å². The highest BCUT2D eigenvalue weighted by Crippen LogP contribution is 2.09. The minimum absolute atomic E-state index is 0. The molecule has 0 aromatic heterocycles. The van der Waals surface area contributed by atoms with Crippen LogP contribution in [-0.4, -0.2) is 51.3 Å². The molecule has 0 aliphatic rings. The summed E-state index contributed by atoms with van der Waals surface area (Å²) in [6.07, 6.45) is 2.09. The zero-order chi connectivity index (χ0) is 16.1. The van der Waals surface area contributed by atoms with Crippen molar-refractivity contribution in [1.29, 1.82) is 0 Å². The Morgan fingerprint density at radius 3 is 2.32 bits per heavy atom. The van der Waals surface area contributed by atoms with E-state index in [0.29, 0.717) is 18.4 Å². The molecule has 0 spiro atoms. The highest BCUT2D eigenvalue weighted by molar-refractivity contribution is 14.0. The molecule has 1 unspecified atom stereocenters. The predicted octanol–water partition coefficient (Wildman–Crippen LogP) is 1.75. The van der Waals surface area contributed by atoms with Gasteiger partial charge in [0.25, 0.3) is 0 Å². The maximum absolute atomic E-state index is 11.5. The lowest BCUT2D eigenvalue weighted by Gasteiger charge is -2.21. The fourth-order valence-corrected chi connectivity index (χ4v) is 1.87. The lowest BCUT2D eigenvalue weighted by atomic mass is 10.0. The highest BCUT2D eigenvalue weighted by atomic mass is 127. The first-order chi connectivity index (χ1) is 10.0. The van der Waals surface area contributed by atoms with Gasteiger partial charge >= 0.3 is 0 Å². The smallest absolute Gasteiger partial charge is 0.239 e. The number of amides is 1. The van der Waals surface area contributed by atoms with Gasteiger partial charge in [0.1, 0.15) is 0 Å². The van der Waals surface area contributed by atoms with Gasteiger partial charge in [-0.1, -0.05) is 20.8 Å². The van der Waals surface area contributed by atoms with Crippen LogP contribution in [0.5, 0.6) is 0 Å². The molecule has 0 bridgehead atoms. The van der Waals surface area contributed by atoms with E-state index in [1.807, 2.05) is 13.8 Å². The lowest BCUT2D eigenvalue weighted by molar-refractivity contribution is -0.120. The third-order valence-electron chi connectivity index (χ3n) is 3.06. The van der Waals surface area contributed by atoms with E-state index in [-0.39, 0.29) is 42.5 Å². The summed E-state index contributed by atoms with van der Waals surface area (Å²) in [5.41, 5.74) is 0. The van der Waals surface area contributed by atoms with Crippen molar-refractivity contribution in [3.05, 3.63) is 0 Å². The molecule has 1 atom stereocenters. The van der Waals surface area contributed by atoms with Crippen LogP contribution in [0.1, 0.15) is 40.5 Å². The van der Waals surface area contributed by atoms with E-state index < -0.39 is 0 Å². The molecule has 6 nitrogen and oxygen atoms in total. The maximum atomic E-state index is 11.5. The summed E-state index contributed by atoms with van der Waals surface area (Å²) in [6.45, 7) is 10.8. The van der Waals surface area contributed by atoms with Gasteiger partial charge in [-0.05, 0) is 25.7 Å². The van der Waals surface area contributed by atoms with Crippen molar-refractivity contribution in [3.8, 4) is 0 Å². The molecule has 0 aromatic carbocycles. The van der Waals surface area contributed by atoms with E-state index in [2.05, 4.69) is 34.8 Å². The van der Waals surface area contributed by atoms with Crippen LogP contribution >= 0.6 is 24.0 Å². The number of nitrogens with zero attached hydrogens (tertiary/aromatic N) is 1. The zero-order valence-corrected chi connectivity index (χ0v) is 16.9. The summed E-state index contributed by atoms with van der Waals surface area (Å²) in [5.74, 6) is 1.11. The second-order valence-electron chi connectivity index (χ2n) is 5.23. The van der Waals surface area contributed by atoms with Crippen LogP contribution < -0.4 is 16.0 Å². The molecular formula is C15H33IN4O2. The van der Waals surface area contributed by atoms with Crippen molar-refractivity contribution in [2.24, 2.45) is 10.9 Å². The standard InChI is InChI=1S/C15H32N4O2.HI/c1-6-9-17-14(20)11-19-15(16-5)18-10-8-13(12(3)4)21-7-2;/h12-13H,6-11H2,1-5H3,(H,17,20)(H2,16,18,19);1H. The van der Waals surface area contributed by atoms with Crippen LogP contribution in [0.3, 0.4) is 0 Å². The van der Waals surface area contributed by atoms with Crippen molar-refractivity contribution < 1.29 is 9.53 Å². The van der Waals surface area contributed by atoms with Crippen LogP contribution in [-0.2, 0) is 9.53 Å². The van der Waals surface area contributed by atoms with Gasteiger partial charge in [0, 0.05) is 26.7 Å². The second-order valence-corrected chi connectivity index (χ2v) is 5.23. The summed E-state index contributed by atoms with van der Waals surface area (Å²) >= 11 is 0. The number of ether oxygens (including phenoxy) is 1. The molecule has 1 amide bonds. The number of rotatable bonds is 10. The number of hydrogen-bond acceptors (Lipinski definition) is 3.